The lowest BCUT2D eigenvalue weighted by atomic mass is 9.98. The van der Waals surface area contributed by atoms with Crippen LogP contribution in [0.15, 0.2) is 48.5 Å². The van der Waals surface area contributed by atoms with Gasteiger partial charge in [0.15, 0.2) is 0 Å². The van der Waals surface area contributed by atoms with Crippen LogP contribution in [0.5, 0.6) is 0 Å². The summed E-state index contributed by atoms with van der Waals surface area (Å²) in [5.74, 6) is 1.41. The Labute approximate surface area is 152 Å². The predicted molar refractivity (Wildman–Crippen MR) is 102 cm³/mol. The highest BCUT2D eigenvalue weighted by Gasteiger charge is 2.23. The minimum atomic E-state index is 0.282. The predicted octanol–water partition coefficient (Wildman–Crippen LogP) is 3.95. The van der Waals surface area contributed by atoms with Gasteiger partial charge in [-0.15, -0.1) is 0 Å². The Morgan fingerprint density at radius 1 is 1.04 bits per heavy atom. The molecule has 1 aliphatic rings. The Morgan fingerprint density at radius 3 is 2.52 bits per heavy atom. The zero-order chi connectivity index (χ0) is 17.2. The van der Waals surface area contributed by atoms with Crippen molar-refractivity contribution in [2.24, 2.45) is 5.92 Å². The second-order valence-electron chi connectivity index (χ2n) is 6.69. The van der Waals surface area contributed by atoms with Crippen LogP contribution in [0.25, 0.3) is 11.0 Å². The fourth-order valence-corrected chi connectivity index (χ4v) is 3.77. The van der Waals surface area contributed by atoms with E-state index < -0.39 is 0 Å². The summed E-state index contributed by atoms with van der Waals surface area (Å²) in [6, 6.07) is 16.2. The molecule has 5 heteroatoms. The van der Waals surface area contributed by atoms with Crippen LogP contribution >= 0.6 is 11.6 Å². The van der Waals surface area contributed by atoms with Crippen molar-refractivity contribution in [2.75, 3.05) is 24.6 Å². The Morgan fingerprint density at radius 2 is 1.76 bits per heavy atom. The van der Waals surface area contributed by atoms with Gasteiger partial charge >= 0.3 is 0 Å². The molecule has 0 atom stereocenters. The Kier molecular flexibility index (Phi) is 4.64. The summed E-state index contributed by atoms with van der Waals surface area (Å²) in [5.41, 5.74) is 3.23. The van der Waals surface area contributed by atoms with E-state index in [0.29, 0.717) is 12.5 Å². The third-order valence-corrected chi connectivity index (χ3v) is 5.44. The van der Waals surface area contributed by atoms with Crippen molar-refractivity contribution < 1.29 is 5.11 Å². The summed E-state index contributed by atoms with van der Waals surface area (Å²) in [5, 5.41) is 10.2. The summed E-state index contributed by atoms with van der Waals surface area (Å²) in [4.78, 5) is 7.23. The third-order valence-electron chi connectivity index (χ3n) is 5.08. The van der Waals surface area contributed by atoms with Gasteiger partial charge in [-0.05, 0) is 42.5 Å². The van der Waals surface area contributed by atoms with E-state index in [1.807, 2.05) is 24.3 Å². The number of aliphatic hydroxyl groups is 1. The molecule has 4 nitrogen and oxygen atoms in total. The molecule has 2 aromatic carbocycles. The Bertz CT molecular complexity index is 868. The van der Waals surface area contributed by atoms with Crippen LogP contribution < -0.4 is 4.90 Å². The number of rotatable bonds is 4. The summed E-state index contributed by atoms with van der Waals surface area (Å²) in [6.07, 6.45) is 2.01. The molecule has 1 saturated heterocycles. The first-order chi connectivity index (χ1) is 12.3. The van der Waals surface area contributed by atoms with E-state index in [4.69, 9.17) is 16.6 Å². The molecular formula is C20H22ClN3O. The zero-order valence-electron chi connectivity index (χ0n) is 14.1. The number of fused-ring (bicyclic) bond motifs is 1. The fourth-order valence-electron chi connectivity index (χ4n) is 3.57. The molecule has 2 heterocycles. The number of aliphatic hydroxyl groups excluding tert-OH is 1. The van der Waals surface area contributed by atoms with E-state index in [-0.39, 0.29) is 6.61 Å². The number of hydrogen-bond donors (Lipinski definition) is 1. The fraction of sp³-hybridized carbons (Fsp3) is 0.350. The molecule has 130 valence electrons. The van der Waals surface area contributed by atoms with Crippen LogP contribution in [0.2, 0.25) is 5.02 Å². The number of aromatic nitrogens is 2. The number of nitrogens with zero attached hydrogens (tertiary/aromatic N) is 3. The van der Waals surface area contributed by atoms with E-state index in [2.05, 4.69) is 33.7 Å². The van der Waals surface area contributed by atoms with Gasteiger partial charge in [0.1, 0.15) is 0 Å². The second kappa shape index (κ2) is 7.06. The maximum Gasteiger partial charge on any atom is 0.206 e. The lowest BCUT2D eigenvalue weighted by Gasteiger charge is -2.32. The number of para-hydroxylation sites is 2. The van der Waals surface area contributed by atoms with Gasteiger partial charge in [0, 0.05) is 24.7 Å². The number of piperidine rings is 1. The van der Waals surface area contributed by atoms with Gasteiger partial charge in [0.25, 0.3) is 0 Å². The first-order valence-electron chi connectivity index (χ1n) is 8.80. The van der Waals surface area contributed by atoms with E-state index in [1.165, 1.54) is 0 Å². The largest absolute Gasteiger partial charge is 0.396 e. The van der Waals surface area contributed by atoms with Crippen molar-refractivity contribution in [3.05, 3.63) is 59.1 Å². The molecule has 0 saturated carbocycles. The van der Waals surface area contributed by atoms with Crippen LogP contribution in [-0.4, -0.2) is 34.4 Å². The van der Waals surface area contributed by atoms with Crippen LogP contribution in [-0.2, 0) is 6.54 Å². The minimum Gasteiger partial charge on any atom is -0.396 e. The summed E-state index contributed by atoms with van der Waals surface area (Å²) < 4.78 is 2.26. The average Bonchev–Trinajstić information content (AvgIpc) is 3.02. The Hall–Kier alpha value is -2.04. The smallest absolute Gasteiger partial charge is 0.206 e. The van der Waals surface area contributed by atoms with Gasteiger partial charge in [-0.1, -0.05) is 41.9 Å². The van der Waals surface area contributed by atoms with E-state index >= 15 is 0 Å². The monoisotopic (exact) mass is 355 g/mol. The van der Waals surface area contributed by atoms with E-state index in [0.717, 1.165) is 53.5 Å². The van der Waals surface area contributed by atoms with Crippen molar-refractivity contribution in [1.29, 1.82) is 0 Å². The van der Waals surface area contributed by atoms with Gasteiger partial charge < -0.3 is 14.6 Å². The SMILES string of the molecule is OCC1CCN(c2nc3ccccc3n2Cc2ccccc2Cl)CC1. The molecule has 0 aliphatic carbocycles. The highest BCUT2D eigenvalue weighted by atomic mass is 35.5. The summed E-state index contributed by atoms with van der Waals surface area (Å²) in [6.45, 7) is 2.84. The minimum absolute atomic E-state index is 0.282. The maximum absolute atomic E-state index is 9.39. The molecule has 0 unspecified atom stereocenters. The van der Waals surface area contributed by atoms with Crippen molar-refractivity contribution in [1.82, 2.24) is 9.55 Å². The van der Waals surface area contributed by atoms with E-state index in [1.54, 1.807) is 0 Å². The molecule has 4 rings (SSSR count). The summed E-state index contributed by atoms with van der Waals surface area (Å²) >= 11 is 6.39. The van der Waals surface area contributed by atoms with Gasteiger partial charge in [-0.25, -0.2) is 4.98 Å². The van der Waals surface area contributed by atoms with Crippen molar-refractivity contribution in [3.8, 4) is 0 Å². The number of anilines is 1. The second-order valence-corrected chi connectivity index (χ2v) is 7.10. The van der Waals surface area contributed by atoms with Crippen molar-refractivity contribution in [3.63, 3.8) is 0 Å². The van der Waals surface area contributed by atoms with Crippen LogP contribution in [0.1, 0.15) is 18.4 Å². The molecule has 0 bridgehead atoms. The normalized spacial score (nSPS) is 15.8. The Balaban J connectivity index is 1.73. The third kappa shape index (κ3) is 3.24. The van der Waals surface area contributed by atoms with E-state index in [9.17, 15) is 5.11 Å². The van der Waals surface area contributed by atoms with Gasteiger partial charge in [-0.3, -0.25) is 0 Å². The lowest BCUT2D eigenvalue weighted by molar-refractivity contribution is 0.202. The number of hydrogen-bond acceptors (Lipinski definition) is 3. The zero-order valence-corrected chi connectivity index (χ0v) is 14.9. The van der Waals surface area contributed by atoms with Gasteiger partial charge in [0.05, 0.1) is 17.6 Å². The van der Waals surface area contributed by atoms with Gasteiger partial charge in [-0.2, -0.15) is 0 Å². The first kappa shape index (κ1) is 16.4. The van der Waals surface area contributed by atoms with Crippen molar-refractivity contribution in [2.45, 2.75) is 19.4 Å². The topological polar surface area (TPSA) is 41.3 Å². The summed E-state index contributed by atoms with van der Waals surface area (Å²) in [7, 11) is 0. The van der Waals surface area contributed by atoms with Gasteiger partial charge in [0.2, 0.25) is 5.95 Å². The molecule has 3 aromatic rings. The highest BCUT2D eigenvalue weighted by Crippen LogP contribution is 2.28. The molecule has 1 fully saturated rings. The molecule has 1 aromatic heterocycles. The standard InChI is InChI=1S/C20H22ClN3O/c21-17-6-2-1-5-16(17)13-24-19-8-4-3-7-18(19)22-20(24)23-11-9-15(14-25)10-12-23/h1-8,15,25H,9-14H2. The van der Waals surface area contributed by atoms with Crippen molar-refractivity contribution >= 4 is 28.6 Å². The molecule has 0 amide bonds. The molecule has 1 aliphatic heterocycles. The first-order valence-corrected chi connectivity index (χ1v) is 9.18. The highest BCUT2D eigenvalue weighted by molar-refractivity contribution is 6.31. The maximum atomic E-state index is 9.39. The number of halogens is 1. The van der Waals surface area contributed by atoms with Crippen LogP contribution in [0.4, 0.5) is 5.95 Å². The molecule has 0 spiro atoms. The van der Waals surface area contributed by atoms with Crippen LogP contribution in [0, 0.1) is 5.92 Å². The average molecular weight is 356 g/mol. The lowest BCUT2D eigenvalue weighted by Crippen LogP contribution is -2.36. The molecule has 25 heavy (non-hydrogen) atoms. The molecule has 1 N–H and O–H groups in total. The number of benzene rings is 2. The van der Waals surface area contributed by atoms with Crippen LogP contribution in [0.3, 0.4) is 0 Å². The molecule has 0 radical (unpaired) electrons. The quantitative estimate of drug-likeness (QED) is 0.770. The number of imidazole rings is 1. The molecular weight excluding hydrogens is 334 g/mol.